The Bertz CT molecular complexity index is 443. The average Bonchev–Trinajstić information content (AvgIpc) is 2.41. The van der Waals surface area contributed by atoms with Crippen molar-refractivity contribution >= 4 is 0 Å². The molecule has 0 saturated carbocycles. The van der Waals surface area contributed by atoms with Crippen LogP contribution in [-0.2, 0) is 0 Å². The molecule has 2 nitrogen and oxygen atoms in total. The molecule has 1 aliphatic carbocycles. The molecule has 0 spiro atoms. The van der Waals surface area contributed by atoms with Crippen LogP contribution in [0.2, 0.25) is 0 Å². The van der Waals surface area contributed by atoms with E-state index >= 15 is 0 Å². The monoisotopic (exact) mass is 288 g/mol. The van der Waals surface area contributed by atoms with Gasteiger partial charge in [-0.15, -0.1) is 0 Å². The minimum atomic E-state index is 0.148. The van der Waals surface area contributed by atoms with E-state index in [9.17, 15) is 0 Å². The van der Waals surface area contributed by atoms with Crippen LogP contribution in [0.15, 0.2) is 24.3 Å². The molecule has 21 heavy (non-hydrogen) atoms. The maximum atomic E-state index is 6.66. The SMILES string of the molecule is CC(C)CN(CC(C)C)C1CC(C)c2ccccc2C1N. The smallest absolute Gasteiger partial charge is 0.0456 e. The second kappa shape index (κ2) is 6.93. The highest BCUT2D eigenvalue weighted by molar-refractivity contribution is 5.36. The number of nitrogens with zero attached hydrogens (tertiary/aromatic N) is 1. The number of benzene rings is 1. The molecule has 0 saturated heterocycles. The van der Waals surface area contributed by atoms with Gasteiger partial charge < -0.3 is 5.73 Å². The summed E-state index contributed by atoms with van der Waals surface area (Å²) in [6.07, 6.45) is 1.18. The van der Waals surface area contributed by atoms with Crippen molar-refractivity contribution < 1.29 is 0 Å². The summed E-state index contributed by atoms with van der Waals surface area (Å²) in [5, 5.41) is 0. The molecule has 0 heterocycles. The Morgan fingerprint density at radius 2 is 1.57 bits per heavy atom. The third kappa shape index (κ3) is 3.87. The van der Waals surface area contributed by atoms with Crippen LogP contribution < -0.4 is 5.73 Å². The molecular formula is C19H32N2. The summed E-state index contributed by atoms with van der Waals surface area (Å²) in [5.41, 5.74) is 9.48. The van der Waals surface area contributed by atoms with Crippen LogP contribution in [0, 0.1) is 11.8 Å². The van der Waals surface area contributed by atoms with Crippen LogP contribution in [0.25, 0.3) is 0 Å². The van der Waals surface area contributed by atoms with E-state index in [-0.39, 0.29) is 6.04 Å². The largest absolute Gasteiger partial charge is 0.323 e. The fraction of sp³-hybridized carbons (Fsp3) is 0.684. The van der Waals surface area contributed by atoms with Gasteiger partial charge in [-0.2, -0.15) is 0 Å². The number of hydrogen-bond acceptors (Lipinski definition) is 2. The van der Waals surface area contributed by atoms with Gasteiger partial charge in [0.25, 0.3) is 0 Å². The minimum Gasteiger partial charge on any atom is -0.323 e. The molecule has 2 N–H and O–H groups in total. The van der Waals surface area contributed by atoms with Gasteiger partial charge in [0.2, 0.25) is 0 Å². The summed E-state index contributed by atoms with van der Waals surface area (Å²) in [6, 6.07) is 9.37. The Morgan fingerprint density at radius 3 is 2.10 bits per heavy atom. The van der Waals surface area contributed by atoms with E-state index in [1.54, 1.807) is 0 Å². The predicted molar refractivity (Wildman–Crippen MR) is 91.4 cm³/mol. The third-order valence-corrected chi connectivity index (χ3v) is 4.56. The lowest BCUT2D eigenvalue weighted by Crippen LogP contribution is -2.48. The molecule has 1 aliphatic rings. The molecule has 0 amide bonds. The Labute approximate surface area is 130 Å². The summed E-state index contributed by atoms with van der Waals surface area (Å²) >= 11 is 0. The molecule has 1 aromatic carbocycles. The summed E-state index contributed by atoms with van der Waals surface area (Å²) in [5.74, 6) is 1.97. The van der Waals surface area contributed by atoms with Crippen molar-refractivity contribution in [3.05, 3.63) is 35.4 Å². The molecule has 0 aromatic heterocycles. The lowest BCUT2D eigenvalue weighted by atomic mass is 9.77. The zero-order valence-electron chi connectivity index (χ0n) is 14.3. The maximum absolute atomic E-state index is 6.66. The standard InChI is InChI=1S/C19H32N2/c1-13(2)11-21(12-14(3)4)18-10-15(5)16-8-6-7-9-17(16)19(18)20/h6-9,13-15,18-19H,10-12,20H2,1-5H3. The predicted octanol–water partition coefficient (Wildman–Crippen LogP) is 4.18. The van der Waals surface area contributed by atoms with Gasteiger partial charge in [0.1, 0.15) is 0 Å². The normalized spacial score (nSPS) is 25.7. The number of rotatable bonds is 5. The summed E-state index contributed by atoms with van der Waals surface area (Å²) in [6.45, 7) is 13.9. The molecule has 0 fully saturated rings. The minimum absolute atomic E-state index is 0.148. The Kier molecular flexibility index (Phi) is 5.45. The van der Waals surface area contributed by atoms with Crippen LogP contribution >= 0.6 is 0 Å². The highest BCUT2D eigenvalue weighted by Gasteiger charge is 2.34. The highest BCUT2D eigenvalue weighted by Crippen LogP contribution is 2.38. The summed E-state index contributed by atoms with van der Waals surface area (Å²) < 4.78 is 0. The fourth-order valence-corrected chi connectivity index (χ4v) is 3.77. The molecule has 3 atom stereocenters. The van der Waals surface area contributed by atoms with Crippen LogP contribution in [0.4, 0.5) is 0 Å². The number of hydrogen-bond donors (Lipinski definition) is 1. The molecule has 2 rings (SSSR count). The first-order valence-electron chi connectivity index (χ1n) is 8.48. The van der Waals surface area contributed by atoms with E-state index in [1.165, 1.54) is 17.5 Å². The fourth-order valence-electron chi connectivity index (χ4n) is 3.77. The first-order valence-corrected chi connectivity index (χ1v) is 8.48. The van der Waals surface area contributed by atoms with E-state index in [4.69, 9.17) is 5.73 Å². The van der Waals surface area contributed by atoms with Crippen LogP contribution in [-0.4, -0.2) is 24.0 Å². The van der Waals surface area contributed by atoms with Crippen LogP contribution in [0.5, 0.6) is 0 Å². The lowest BCUT2D eigenvalue weighted by Gasteiger charge is -2.43. The first-order chi connectivity index (χ1) is 9.90. The third-order valence-electron chi connectivity index (χ3n) is 4.56. The molecule has 118 valence electrons. The van der Waals surface area contributed by atoms with E-state index in [1.807, 2.05) is 0 Å². The molecule has 1 aromatic rings. The van der Waals surface area contributed by atoms with E-state index in [2.05, 4.69) is 63.8 Å². The summed E-state index contributed by atoms with van der Waals surface area (Å²) in [4.78, 5) is 2.65. The zero-order valence-corrected chi connectivity index (χ0v) is 14.3. The maximum Gasteiger partial charge on any atom is 0.0456 e. The lowest BCUT2D eigenvalue weighted by molar-refractivity contribution is 0.117. The summed E-state index contributed by atoms with van der Waals surface area (Å²) in [7, 11) is 0. The van der Waals surface area contributed by atoms with Crippen molar-refractivity contribution in [2.45, 2.75) is 59.0 Å². The van der Waals surface area contributed by atoms with E-state index in [0.29, 0.717) is 23.8 Å². The van der Waals surface area contributed by atoms with Crippen molar-refractivity contribution in [1.29, 1.82) is 0 Å². The van der Waals surface area contributed by atoms with Gasteiger partial charge in [0.05, 0.1) is 0 Å². The van der Waals surface area contributed by atoms with Crippen LogP contribution in [0.3, 0.4) is 0 Å². The van der Waals surface area contributed by atoms with Crippen molar-refractivity contribution in [2.75, 3.05) is 13.1 Å². The van der Waals surface area contributed by atoms with Gasteiger partial charge in [0.15, 0.2) is 0 Å². The van der Waals surface area contributed by atoms with Gasteiger partial charge >= 0.3 is 0 Å². The van der Waals surface area contributed by atoms with E-state index in [0.717, 1.165) is 13.1 Å². The van der Waals surface area contributed by atoms with Gasteiger partial charge in [-0.1, -0.05) is 58.9 Å². The Morgan fingerprint density at radius 1 is 1.05 bits per heavy atom. The zero-order chi connectivity index (χ0) is 15.6. The molecular weight excluding hydrogens is 256 g/mol. The topological polar surface area (TPSA) is 29.3 Å². The Balaban J connectivity index is 2.26. The van der Waals surface area contributed by atoms with E-state index < -0.39 is 0 Å². The van der Waals surface area contributed by atoms with Crippen molar-refractivity contribution in [2.24, 2.45) is 17.6 Å². The molecule has 0 bridgehead atoms. The van der Waals surface area contributed by atoms with Crippen LogP contribution in [0.1, 0.15) is 64.1 Å². The van der Waals surface area contributed by atoms with Gasteiger partial charge in [-0.25, -0.2) is 0 Å². The molecule has 3 unspecified atom stereocenters. The number of fused-ring (bicyclic) bond motifs is 1. The van der Waals surface area contributed by atoms with Crippen molar-refractivity contribution in [3.63, 3.8) is 0 Å². The highest BCUT2D eigenvalue weighted by atomic mass is 15.2. The second-order valence-electron chi connectivity index (χ2n) is 7.60. The van der Waals surface area contributed by atoms with Crippen molar-refractivity contribution in [3.8, 4) is 0 Å². The quantitative estimate of drug-likeness (QED) is 0.881. The average molecular weight is 288 g/mol. The van der Waals surface area contributed by atoms with Gasteiger partial charge in [0, 0.05) is 25.2 Å². The van der Waals surface area contributed by atoms with Gasteiger partial charge in [-0.3, -0.25) is 4.90 Å². The van der Waals surface area contributed by atoms with Crippen molar-refractivity contribution in [1.82, 2.24) is 4.90 Å². The first kappa shape index (κ1) is 16.5. The Hall–Kier alpha value is -0.860. The molecule has 0 aliphatic heterocycles. The number of nitrogens with two attached hydrogens (primary N) is 1. The molecule has 2 heteroatoms. The van der Waals surface area contributed by atoms with Gasteiger partial charge in [-0.05, 0) is 35.3 Å². The molecule has 0 radical (unpaired) electrons. The second-order valence-corrected chi connectivity index (χ2v) is 7.60.